The molecule has 19 heavy (non-hydrogen) atoms. The van der Waals surface area contributed by atoms with E-state index in [-0.39, 0.29) is 17.9 Å². The summed E-state index contributed by atoms with van der Waals surface area (Å²) in [5.74, 6) is 0.610. The SMILES string of the molecule is CCC(C)N(C)CCNC(=O)C1CCCC(N)C1C. The second kappa shape index (κ2) is 7.85. The topological polar surface area (TPSA) is 58.4 Å². The Hall–Kier alpha value is -0.610. The zero-order valence-electron chi connectivity index (χ0n) is 13.0. The minimum Gasteiger partial charge on any atom is -0.355 e. The van der Waals surface area contributed by atoms with Gasteiger partial charge in [-0.1, -0.05) is 20.3 Å². The van der Waals surface area contributed by atoms with E-state index in [1.165, 1.54) is 0 Å². The molecule has 1 aliphatic rings. The molecule has 0 heterocycles. The van der Waals surface area contributed by atoms with Crippen molar-refractivity contribution in [1.82, 2.24) is 10.2 Å². The second-order valence-corrected chi connectivity index (χ2v) is 6.09. The van der Waals surface area contributed by atoms with Gasteiger partial charge >= 0.3 is 0 Å². The molecule has 1 amide bonds. The summed E-state index contributed by atoms with van der Waals surface area (Å²) in [6, 6.07) is 0.756. The fraction of sp³-hybridized carbons (Fsp3) is 0.933. The zero-order chi connectivity index (χ0) is 14.4. The molecule has 4 nitrogen and oxygen atoms in total. The number of likely N-dealkylation sites (N-methyl/N-ethyl adjacent to an activating group) is 1. The molecular weight excluding hydrogens is 238 g/mol. The highest BCUT2D eigenvalue weighted by molar-refractivity contribution is 5.79. The van der Waals surface area contributed by atoms with Crippen LogP contribution in [0.15, 0.2) is 0 Å². The van der Waals surface area contributed by atoms with Crippen LogP contribution in [0.25, 0.3) is 0 Å². The Kier molecular flexibility index (Phi) is 6.80. The Morgan fingerprint density at radius 3 is 2.79 bits per heavy atom. The van der Waals surface area contributed by atoms with E-state index in [0.29, 0.717) is 12.0 Å². The predicted molar refractivity (Wildman–Crippen MR) is 79.9 cm³/mol. The van der Waals surface area contributed by atoms with Gasteiger partial charge < -0.3 is 16.0 Å². The van der Waals surface area contributed by atoms with Gasteiger partial charge in [0.2, 0.25) is 5.91 Å². The van der Waals surface area contributed by atoms with Gasteiger partial charge in [-0.15, -0.1) is 0 Å². The smallest absolute Gasteiger partial charge is 0.223 e. The first kappa shape index (κ1) is 16.4. The van der Waals surface area contributed by atoms with Gasteiger partial charge in [0, 0.05) is 31.1 Å². The Morgan fingerprint density at radius 2 is 2.16 bits per heavy atom. The lowest BCUT2D eigenvalue weighted by molar-refractivity contribution is -0.127. The Morgan fingerprint density at radius 1 is 1.47 bits per heavy atom. The standard InChI is InChI=1S/C15H31N3O/c1-5-11(2)18(4)10-9-17-15(19)13-7-6-8-14(16)12(13)3/h11-14H,5-10,16H2,1-4H3,(H,17,19). The van der Waals surface area contributed by atoms with Crippen LogP contribution in [0.2, 0.25) is 0 Å². The summed E-state index contributed by atoms with van der Waals surface area (Å²) in [4.78, 5) is 14.5. The number of rotatable bonds is 6. The molecule has 0 saturated heterocycles. The van der Waals surface area contributed by atoms with Crippen molar-refractivity contribution in [3.05, 3.63) is 0 Å². The average Bonchev–Trinajstić information content (AvgIpc) is 2.40. The molecule has 4 atom stereocenters. The van der Waals surface area contributed by atoms with E-state index in [2.05, 4.69) is 38.0 Å². The number of hydrogen-bond acceptors (Lipinski definition) is 3. The molecule has 1 saturated carbocycles. The molecule has 1 aliphatic carbocycles. The van der Waals surface area contributed by atoms with Gasteiger partial charge in [-0.2, -0.15) is 0 Å². The molecular formula is C15H31N3O. The van der Waals surface area contributed by atoms with Crippen molar-refractivity contribution in [3.8, 4) is 0 Å². The summed E-state index contributed by atoms with van der Waals surface area (Å²) in [5, 5.41) is 3.08. The van der Waals surface area contributed by atoms with E-state index >= 15 is 0 Å². The van der Waals surface area contributed by atoms with Crippen molar-refractivity contribution in [1.29, 1.82) is 0 Å². The fourth-order valence-electron chi connectivity index (χ4n) is 2.79. The molecule has 0 aromatic carbocycles. The third-order valence-electron chi connectivity index (χ3n) is 4.81. The van der Waals surface area contributed by atoms with Crippen LogP contribution in [-0.2, 0) is 4.79 Å². The van der Waals surface area contributed by atoms with Crippen molar-refractivity contribution in [3.63, 3.8) is 0 Å². The molecule has 0 aromatic rings. The molecule has 4 unspecified atom stereocenters. The molecule has 1 rings (SSSR count). The van der Waals surface area contributed by atoms with Gasteiger partial charge in [0.15, 0.2) is 0 Å². The Bertz CT molecular complexity index is 283. The summed E-state index contributed by atoms with van der Waals surface area (Å²) in [5.41, 5.74) is 6.05. The summed E-state index contributed by atoms with van der Waals surface area (Å²) >= 11 is 0. The lowest BCUT2D eigenvalue weighted by atomic mass is 9.77. The lowest BCUT2D eigenvalue weighted by Gasteiger charge is -2.33. The number of amides is 1. The maximum absolute atomic E-state index is 12.2. The summed E-state index contributed by atoms with van der Waals surface area (Å²) in [6.07, 6.45) is 4.26. The molecule has 112 valence electrons. The molecule has 4 heteroatoms. The Labute approximate surface area is 118 Å². The van der Waals surface area contributed by atoms with Crippen LogP contribution >= 0.6 is 0 Å². The minimum atomic E-state index is 0.109. The van der Waals surface area contributed by atoms with E-state index in [0.717, 1.165) is 38.8 Å². The van der Waals surface area contributed by atoms with Crippen LogP contribution < -0.4 is 11.1 Å². The summed E-state index contributed by atoms with van der Waals surface area (Å²) < 4.78 is 0. The number of carbonyl (C=O) groups excluding carboxylic acids is 1. The first-order chi connectivity index (χ1) is 8.97. The van der Waals surface area contributed by atoms with Gasteiger partial charge in [-0.05, 0) is 39.2 Å². The predicted octanol–water partition coefficient (Wildman–Crippen LogP) is 1.60. The molecule has 0 aromatic heterocycles. The van der Waals surface area contributed by atoms with Gasteiger partial charge in [0.25, 0.3) is 0 Å². The lowest BCUT2D eigenvalue weighted by Crippen LogP contribution is -2.46. The van der Waals surface area contributed by atoms with Gasteiger partial charge in [0.05, 0.1) is 0 Å². The van der Waals surface area contributed by atoms with Crippen LogP contribution in [0.3, 0.4) is 0 Å². The molecule has 3 N–H and O–H groups in total. The van der Waals surface area contributed by atoms with Crippen LogP contribution in [-0.4, -0.2) is 43.0 Å². The van der Waals surface area contributed by atoms with Gasteiger partial charge in [0.1, 0.15) is 0 Å². The highest BCUT2D eigenvalue weighted by atomic mass is 16.1. The van der Waals surface area contributed by atoms with E-state index in [1.807, 2.05) is 0 Å². The van der Waals surface area contributed by atoms with Crippen LogP contribution in [0.5, 0.6) is 0 Å². The van der Waals surface area contributed by atoms with E-state index < -0.39 is 0 Å². The summed E-state index contributed by atoms with van der Waals surface area (Å²) in [6.45, 7) is 8.15. The largest absolute Gasteiger partial charge is 0.355 e. The van der Waals surface area contributed by atoms with E-state index in [9.17, 15) is 4.79 Å². The van der Waals surface area contributed by atoms with Crippen LogP contribution in [0.4, 0.5) is 0 Å². The van der Waals surface area contributed by atoms with Crippen molar-refractivity contribution >= 4 is 5.91 Å². The maximum Gasteiger partial charge on any atom is 0.223 e. The number of nitrogens with one attached hydrogen (secondary N) is 1. The monoisotopic (exact) mass is 269 g/mol. The minimum absolute atomic E-state index is 0.109. The summed E-state index contributed by atoms with van der Waals surface area (Å²) in [7, 11) is 2.11. The van der Waals surface area contributed by atoms with Crippen molar-refractivity contribution in [2.24, 2.45) is 17.6 Å². The quantitative estimate of drug-likeness (QED) is 0.770. The highest BCUT2D eigenvalue weighted by Crippen LogP contribution is 2.28. The van der Waals surface area contributed by atoms with Crippen LogP contribution in [0.1, 0.15) is 46.5 Å². The fourth-order valence-corrected chi connectivity index (χ4v) is 2.79. The number of carbonyl (C=O) groups is 1. The van der Waals surface area contributed by atoms with Gasteiger partial charge in [-0.25, -0.2) is 0 Å². The van der Waals surface area contributed by atoms with Crippen molar-refractivity contribution < 1.29 is 4.79 Å². The van der Waals surface area contributed by atoms with E-state index in [1.54, 1.807) is 0 Å². The normalized spacial score (nSPS) is 29.3. The highest BCUT2D eigenvalue weighted by Gasteiger charge is 2.32. The number of nitrogens with zero attached hydrogens (tertiary/aromatic N) is 1. The first-order valence-electron chi connectivity index (χ1n) is 7.70. The third kappa shape index (κ3) is 4.77. The Balaban J connectivity index is 2.31. The van der Waals surface area contributed by atoms with Gasteiger partial charge in [-0.3, -0.25) is 4.79 Å². The van der Waals surface area contributed by atoms with Crippen molar-refractivity contribution in [2.75, 3.05) is 20.1 Å². The number of hydrogen-bond donors (Lipinski definition) is 2. The zero-order valence-corrected chi connectivity index (χ0v) is 13.0. The second-order valence-electron chi connectivity index (χ2n) is 6.09. The maximum atomic E-state index is 12.2. The number of nitrogens with two attached hydrogens (primary N) is 1. The average molecular weight is 269 g/mol. The van der Waals surface area contributed by atoms with Crippen LogP contribution in [0, 0.1) is 11.8 Å². The molecule has 1 fully saturated rings. The molecule has 0 bridgehead atoms. The molecule has 0 aliphatic heterocycles. The van der Waals surface area contributed by atoms with Crippen molar-refractivity contribution in [2.45, 2.75) is 58.5 Å². The third-order valence-corrected chi connectivity index (χ3v) is 4.81. The first-order valence-corrected chi connectivity index (χ1v) is 7.70. The molecule has 0 spiro atoms. The van der Waals surface area contributed by atoms with E-state index in [4.69, 9.17) is 5.73 Å². The molecule has 0 radical (unpaired) electrons.